The zero-order valence-corrected chi connectivity index (χ0v) is 17.3. The highest BCUT2D eigenvalue weighted by Crippen LogP contribution is 2.24. The van der Waals surface area contributed by atoms with E-state index < -0.39 is 0 Å². The summed E-state index contributed by atoms with van der Waals surface area (Å²) in [7, 11) is 1.62. The summed E-state index contributed by atoms with van der Waals surface area (Å²) in [6, 6.07) is 18.0. The molecule has 0 saturated heterocycles. The van der Waals surface area contributed by atoms with Gasteiger partial charge in [0.25, 0.3) is 11.8 Å². The number of halogens is 1. The number of carbonyl (C=O) groups is 2. The van der Waals surface area contributed by atoms with E-state index in [0.29, 0.717) is 21.6 Å². The van der Waals surface area contributed by atoms with Gasteiger partial charge < -0.3 is 14.6 Å². The lowest BCUT2D eigenvalue weighted by Crippen LogP contribution is -2.28. The minimum Gasteiger partial charge on any atom is -0.444 e. The van der Waals surface area contributed by atoms with Crippen molar-refractivity contribution in [2.24, 2.45) is 0 Å². The summed E-state index contributed by atoms with van der Waals surface area (Å²) in [5, 5.41) is 2.90. The smallest absolute Gasteiger partial charge is 0.293 e. The molecule has 1 aromatic heterocycles. The van der Waals surface area contributed by atoms with Gasteiger partial charge in [0.15, 0.2) is 10.4 Å². The Morgan fingerprint density at radius 1 is 1.04 bits per heavy atom. The summed E-state index contributed by atoms with van der Waals surface area (Å²) in [6.45, 7) is 2.13. The second-order valence-electron chi connectivity index (χ2n) is 6.39. The number of carbonyl (C=O) groups excluding carboxylic acids is 2. The van der Waals surface area contributed by atoms with Crippen molar-refractivity contribution < 1.29 is 14.0 Å². The SMILES string of the molecule is CCCc1ccc(NC(=O)c2ccccc2N(C)C(=O)c2ccc(Br)o2)cc1. The molecule has 6 heteroatoms. The topological polar surface area (TPSA) is 62.6 Å². The van der Waals surface area contributed by atoms with Gasteiger partial charge in [0.2, 0.25) is 0 Å². The van der Waals surface area contributed by atoms with E-state index in [0.717, 1.165) is 12.8 Å². The second kappa shape index (κ2) is 8.89. The zero-order valence-electron chi connectivity index (χ0n) is 15.7. The fourth-order valence-electron chi connectivity index (χ4n) is 2.90. The molecule has 0 saturated carbocycles. The fourth-order valence-corrected chi connectivity index (χ4v) is 3.21. The van der Waals surface area contributed by atoms with Crippen molar-refractivity contribution in [2.45, 2.75) is 19.8 Å². The summed E-state index contributed by atoms with van der Waals surface area (Å²) >= 11 is 3.19. The van der Waals surface area contributed by atoms with Gasteiger partial charge in [-0.2, -0.15) is 0 Å². The first-order chi connectivity index (χ1) is 13.5. The van der Waals surface area contributed by atoms with Crippen molar-refractivity contribution in [2.75, 3.05) is 17.3 Å². The van der Waals surface area contributed by atoms with Gasteiger partial charge in [0.05, 0.1) is 11.3 Å². The Labute approximate surface area is 172 Å². The molecule has 0 fully saturated rings. The van der Waals surface area contributed by atoms with Gasteiger partial charge in [-0.1, -0.05) is 37.6 Å². The highest BCUT2D eigenvalue weighted by molar-refractivity contribution is 9.10. The number of benzene rings is 2. The van der Waals surface area contributed by atoms with E-state index in [-0.39, 0.29) is 17.6 Å². The Morgan fingerprint density at radius 2 is 1.75 bits per heavy atom. The summed E-state index contributed by atoms with van der Waals surface area (Å²) in [5.41, 5.74) is 2.85. The third-order valence-electron chi connectivity index (χ3n) is 4.35. The van der Waals surface area contributed by atoms with Crippen molar-refractivity contribution in [3.63, 3.8) is 0 Å². The molecule has 0 unspecified atom stereocenters. The maximum absolute atomic E-state index is 12.8. The van der Waals surface area contributed by atoms with Crippen LogP contribution in [0.5, 0.6) is 0 Å². The molecule has 0 spiro atoms. The first-order valence-electron chi connectivity index (χ1n) is 9.02. The Morgan fingerprint density at radius 3 is 2.39 bits per heavy atom. The Hall–Kier alpha value is -2.86. The van der Waals surface area contributed by atoms with E-state index in [1.807, 2.05) is 24.3 Å². The molecule has 2 aromatic carbocycles. The van der Waals surface area contributed by atoms with Crippen LogP contribution in [0.25, 0.3) is 0 Å². The van der Waals surface area contributed by atoms with Gasteiger partial charge in [-0.25, -0.2) is 0 Å². The average Bonchev–Trinajstić information content (AvgIpc) is 3.15. The lowest BCUT2D eigenvalue weighted by Gasteiger charge is -2.19. The molecule has 0 aliphatic carbocycles. The second-order valence-corrected chi connectivity index (χ2v) is 7.17. The van der Waals surface area contributed by atoms with Gasteiger partial charge in [0.1, 0.15) is 0 Å². The van der Waals surface area contributed by atoms with Crippen LogP contribution in [0.2, 0.25) is 0 Å². The van der Waals surface area contributed by atoms with E-state index in [1.54, 1.807) is 43.4 Å². The van der Waals surface area contributed by atoms with Crippen LogP contribution in [0.15, 0.2) is 69.8 Å². The number of nitrogens with one attached hydrogen (secondary N) is 1. The van der Waals surface area contributed by atoms with Crippen molar-refractivity contribution in [3.05, 3.63) is 82.2 Å². The van der Waals surface area contributed by atoms with Crippen LogP contribution >= 0.6 is 15.9 Å². The predicted octanol–water partition coefficient (Wildman–Crippen LogP) is 5.52. The molecule has 5 nitrogen and oxygen atoms in total. The molecule has 1 heterocycles. The molecule has 0 radical (unpaired) electrons. The molecule has 1 N–H and O–H groups in total. The van der Waals surface area contributed by atoms with Crippen LogP contribution in [-0.2, 0) is 6.42 Å². The van der Waals surface area contributed by atoms with E-state index in [9.17, 15) is 9.59 Å². The van der Waals surface area contributed by atoms with Crippen molar-refractivity contribution in [1.82, 2.24) is 0 Å². The van der Waals surface area contributed by atoms with E-state index in [1.165, 1.54) is 10.5 Å². The number of hydrogen-bond donors (Lipinski definition) is 1. The average molecular weight is 441 g/mol. The minimum atomic E-state index is -0.338. The lowest BCUT2D eigenvalue weighted by molar-refractivity contribution is 0.0965. The normalized spacial score (nSPS) is 10.5. The molecule has 3 aromatic rings. The number of aryl methyl sites for hydroxylation is 1. The van der Waals surface area contributed by atoms with Gasteiger partial charge in [-0.05, 0) is 64.3 Å². The minimum absolute atomic E-state index is 0.191. The summed E-state index contributed by atoms with van der Waals surface area (Å²) in [6.07, 6.45) is 2.08. The third-order valence-corrected chi connectivity index (χ3v) is 4.78. The number of hydrogen-bond acceptors (Lipinski definition) is 3. The Bertz CT molecular complexity index is 979. The Balaban J connectivity index is 1.80. The maximum atomic E-state index is 12.8. The van der Waals surface area contributed by atoms with Crippen molar-refractivity contribution >= 4 is 39.1 Å². The number of amides is 2. The van der Waals surface area contributed by atoms with Gasteiger partial charge in [0, 0.05) is 12.7 Å². The quantitative estimate of drug-likeness (QED) is 0.548. The van der Waals surface area contributed by atoms with E-state index >= 15 is 0 Å². The van der Waals surface area contributed by atoms with Crippen LogP contribution < -0.4 is 10.2 Å². The Kier molecular flexibility index (Phi) is 6.31. The van der Waals surface area contributed by atoms with Crippen LogP contribution in [-0.4, -0.2) is 18.9 Å². The third kappa shape index (κ3) is 4.51. The number of para-hydroxylation sites is 1. The first kappa shape index (κ1) is 19.9. The van der Waals surface area contributed by atoms with Crippen LogP contribution in [0.1, 0.15) is 39.8 Å². The largest absolute Gasteiger partial charge is 0.444 e. The first-order valence-corrected chi connectivity index (χ1v) is 9.81. The predicted molar refractivity (Wildman–Crippen MR) is 114 cm³/mol. The molecule has 0 aliphatic rings. The molecule has 0 bridgehead atoms. The molecular weight excluding hydrogens is 420 g/mol. The molecule has 28 heavy (non-hydrogen) atoms. The highest BCUT2D eigenvalue weighted by Gasteiger charge is 2.21. The number of rotatable bonds is 6. The zero-order chi connectivity index (χ0) is 20.1. The molecule has 0 aliphatic heterocycles. The standard InChI is InChI=1S/C22H21BrN2O3/c1-3-6-15-9-11-16(12-10-15)24-21(26)17-7-4-5-8-18(17)25(2)22(27)19-13-14-20(23)28-19/h4-5,7-14H,3,6H2,1-2H3,(H,24,26). The van der Waals surface area contributed by atoms with E-state index in [4.69, 9.17) is 4.42 Å². The van der Waals surface area contributed by atoms with Gasteiger partial charge in [-0.15, -0.1) is 0 Å². The molecular formula is C22H21BrN2O3. The maximum Gasteiger partial charge on any atom is 0.293 e. The van der Waals surface area contributed by atoms with Crippen LogP contribution in [0, 0.1) is 0 Å². The van der Waals surface area contributed by atoms with Gasteiger partial charge >= 0.3 is 0 Å². The van der Waals surface area contributed by atoms with Gasteiger partial charge in [-0.3, -0.25) is 9.59 Å². The number of anilines is 2. The number of nitrogens with zero attached hydrogens (tertiary/aromatic N) is 1. The molecule has 2 amide bonds. The summed E-state index contributed by atoms with van der Waals surface area (Å²) < 4.78 is 5.81. The summed E-state index contributed by atoms with van der Waals surface area (Å²) in [5.74, 6) is -0.426. The van der Waals surface area contributed by atoms with Crippen LogP contribution in [0.4, 0.5) is 11.4 Å². The van der Waals surface area contributed by atoms with Crippen molar-refractivity contribution in [1.29, 1.82) is 0 Å². The molecule has 3 rings (SSSR count). The molecule has 144 valence electrons. The fraction of sp³-hybridized carbons (Fsp3) is 0.182. The highest BCUT2D eigenvalue weighted by atomic mass is 79.9. The summed E-state index contributed by atoms with van der Waals surface area (Å²) in [4.78, 5) is 26.9. The lowest BCUT2D eigenvalue weighted by atomic mass is 10.1. The molecule has 0 atom stereocenters. The van der Waals surface area contributed by atoms with Crippen molar-refractivity contribution in [3.8, 4) is 0 Å². The monoisotopic (exact) mass is 440 g/mol. The van der Waals surface area contributed by atoms with Crippen LogP contribution in [0.3, 0.4) is 0 Å². The number of furan rings is 1. The van der Waals surface area contributed by atoms with E-state index in [2.05, 4.69) is 28.2 Å².